The molecule has 5 aromatic rings. The molecular weight excluding hydrogens is 500 g/mol. The second-order valence-electron chi connectivity index (χ2n) is 9.60. The molecule has 0 unspecified atom stereocenters. The smallest absolute Gasteiger partial charge is 0.218 e. The lowest BCUT2D eigenvalue weighted by atomic mass is 9.97. The molecule has 6 rings (SSSR count). The van der Waals surface area contributed by atoms with E-state index in [4.69, 9.17) is 26.4 Å². The van der Waals surface area contributed by atoms with Crippen LogP contribution in [0.5, 0.6) is 5.75 Å². The summed E-state index contributed by atoms with van der Waals surface area (Å²) in [4.78, 5) is 20.9. The fourth-order valence-electron chi connectivity index (χ4n) is 5.30. The van der Waals surface area contributed by atoms with Crippen molar-refractivity contribution < 1.29 is 9.53 Å². The zero-order valence-electron chi connectivity index (χ0n) is 21.1. The monoisotopic (exact) mass is 526 g/mol. The van der Waals surface area contributed by atoms with Gasteiger partial charge in [-0.25, -0.2) is 14.5 Å². The van der Waals surface area contributed by atoms with E-state index in [9.17, 15) is 4.79 Å². The van der Waals surface area contributed by atoms with Crippen LogP contribution in [0.2, 0.25) is 5.02 Å². The average molecular weight is 527 g/mol. The minimum absolute atomic E-state index is 0.0610. The third-order valence-electron chi connectivity index (χ3n) is 7.19. The Morgan fingerprint density at radius 2 is 1.95 bits per heavy atom. The number of aldehydes is 1. The number of nitrogens with zero attached hydrogens (tertiary/aromatic N) is 5. The van der Waals surface area contributed by atoms with Crippen LogP contribution in [-0.2, 0) is 11.8 Å². The van der Waals surface area contributed by atoms with Crippen LogP contribution < -0.4 is 10.1 Å². The molecule has 0 saturated heterocycles. The minimum atomic E-state index is 0.0610. The number of hydrogen-bond acceptors (Lipinski definition) is 6. The number of fused-ring (bicyclic) bond motifs is 1. The molecule has 0 radical (unpaired) electrons. The Balaban J connectivity index is 1.63. The number of aromatic nitrogens is 5. The molecule has 2 aromatic carbocycles. The molecule has 0 aliphatic heterocycles. The van der Waals surface area contributed by atoms with Crippen molar-refractivity contribution in [1.29, 1.82) is 0 Å². The third kappa shape index (κ3) is 4.20. The third-order valence-corrected chi connectivity index (χ3v) is 7.58. The molecule has 9 heteroatoms. The van der Waals surface area contributed by atoms with E-state index in [1.165, 1.54) is 0 Å². The van der Waals surface area contributed by atoms with Gasteiger partial charge in [0.2, 0.25) is 5.82 Å². The van der Waals surface area contributed by atoms with Crippen LogP contribution in [0.4, 0.5) is 5.82 Å². The lowest BCUT2D eigenvalue weighted by Crippen LogP contribution is -2.18. The van der Waals surface area contributed by atoms with E-state index in [1.807, 2.05) is 64.9 Å². The first kappa shape index (κ1) is 24.2. The Bertz CT molecular complexity index is 1630. The van der Waals surface area contributed by atoms with Crippen LogP contribution in [-0.4, -0.2) is 43.6 Å². The lowest BCUT2D eigenvalue weighted by molar-refractivity contribution is -0.110. The predicted molar refractivity (Wildman–Crippen MR) is 148 cm³/mol. The van der Waals surface area contributed by atoms with Crippen molar-refractivity contribution in [1.82, 2.24) is 24.1 Å². The van der Waals surface area contributed by atoms with Crippen molar-refractivity contribution in [2.24, 2.45) is 13.0 Å². The molecule has 192 valence electrons. The van der Waals surface area contributed by atoms with Gasteiger partial charge in [0.25, 0.3) is 0 Å². The number of imidazole rings is 1. The second kappa shape index (κ2) is 9.95. The number of hydrogen-bond donors (Lipinski definition) is 1. The molecule has 0 amide bonds. The minimum Gasteiger partial charge on any atom is -0.495 e. The molecule has 3 aromatic heterocycles. The topological polar surface area (TPSA) is 86.3 Å². The van der Waals surface area contributed by atoms with Gasteiger partial charge in [-0.3, -0.25) is 0 Å². The summed E-state index contributed by atoms with van der Waals surface area (Å²) >= 11 is 6.84. The van der Waals surface area contributed by atoms with Gasteiger partial charge in [0.15, 0.2) is 11.6 Å². The Hall–Kier alpha value is -4.17. The Morgan fingerprint density at radius 3 is 2.66 bits per heavy atom. The Kier molecular flexibility index (Phi) is 6.33. The van der Waals surface area contributed by atoms with Crippen molar-refractivity contribution in [2.75, 3.05) is 12.4 Å². The highest BCUT2D eigenvalue weighted by molar-refractivity contribution is 6.35. The summed E-state index contributed by atoms with van der Waals surface area (Å²) in [5.41, 5.74) is 4.54. The summed E-state index contributed by atoms with van der Waals surface area (Å²) in [5, 5.41) is 9.09. The van der Waals surface area contributed by atoms with Gasteiger partial charge in [-0.2, -0.15) is 0 Å². The van der Waals surface area contributed by atoms with Crippen LogP contribution in [0.3, 0.4) is 0 Å². The van der Waals surface area contributed by atoms with Gasteiger partial charge in [-0.15, -0.1) is 5.10 Å². The molecule has 38 heavy (non-hydrogen) atoms. The van der Waals surface area contributed by atoms with E-state index in [1.54, 1.807) is 13.3 Å². The lowest BCUT2D eigenvalue weighted by Gasteiger charge is -2.16. The molecular formula is C29H27ClN6O2. The molecule has 0 spiro atoms. The first-order chi connectivity index (χ1) is 18.6. The number of anilines is 1. The van der Waals surface area contributed by atoms with Gasteiger partial charge in [0.05, 0.1) is 12.1 Å². The normalized spacial score (nSPS) is 17.1. The van der Waals surface area contributed by atoms with E-state index in [2.05, 4.69) is 22.4 Å². The Labute approximate surface area is 225 Å². The molecule has 1 N–H and O–H groups in total. The maximum absolute atomic E-state index is 11.5. The van der Waals surface area contributed by atoms with E-state index in [-0.39, 0.29) is 12.0 Å². The average Bonchev–Trinajstić information content (AvgIpc) is 3.67. The standard InChI is InChI=1S/C29H27ClN6O2/c1-35-14-13-31-29(35)28-33-27(32-20-12-11-18(15-20)17-37)26-24(19-7-4-3-5-8-19)22(16-36(26)34-28)21-9-6-10-23(38-2)25(21)30/h3-10,13-14,16-18,20H,11-12,15H2,1-2H3,(H,32,33,34)/t18-,20-/m1/s1. The van der Waals surface area contributed by atoms with E-state index >= 15 is 0 Å². The van der Waals surface area contributed by atoms with Crippen LogP contribution in [0, 0.1) is 5.92 Å². The van der Waals surface area contributed by atoms with E-state index in [0.717, 1.165) is 53.3 Å². The van der Waals surface area contributed by atoms with E-state index < -0.39 is 0 Å². The number of aryl methyl sites for hydroxylation is 1. The number of methoxy groups -OCH3 is 1. The highest BCUT2D eigenvalue weighted by Gasteiger charge is 2.28. The SMILES string of the molecule is COc1cccc(-c2cn3nc(-c4nccn4C)nc(N[C@@H]4CC[C@@H](C=O)C4)c3c2-c2ccccc2)c1Cl. The summed E-state index contributed by atoms with van der Waals surface area (Å²) in [6, 6.07) is 16.0. The summed E-state index contributed by atoms with van der Waals surface area (Å²) in [5.74, 6) is 2.50. The maximum atomic E-state index is 11.5. The molecule has 3 heterocycles. The summed E-state index contributed by atoms with van der Waals surface area (Å²) in [6.45, 7) is 0. The summed E-state index contributed by atoms with van der Waals surface area (Å²) in [6.07, 6.45) is 9.18. The highest BCUT2D eigenvalue weighted by Crippen LogP contribution is 2.44. The van der Waals surface area contributed by atoms with Crippen molar-refractivity contribution in [3.05, 3.63) is 72.1 Å². The molecule has 8 nitrogen and oxygen atoms in total. The fraction of sp³-hybridized carbons (Fsp3) is 0.241. The number of ether oxygens (including phenoxy) is 1. The Morgan fingerprint density at radius 1 is 1.11 bits per heavy atom. The van der Waals surface area contributed by atoms with Crippen LogP contribution >= 0.6 is 11.6 Å². The van der Waals surface area contributed by atoms with Gasteiger partial charge < -0.3 is 19.4 Å². The number of benzene rings is 2. The maximum Gasteiger partial charge on any atom is 0.218 e. The van der Waals surface area contributed by atoms with Gasteiger partial charge in [-0.05, 0) is 30.9 Å². The fourth-order valence-corrected chi connectivity index (χ4v) is 5.61. The van der Waals surface area contributed by atoms with Crippen molar-refractivity contribution in [3.63, 3.8) is 0 Å². The first-order valence-corrected chi connectivity index (χ1v) is 13.0. The molecule has 1 fully saturated rings. The molecule has 1 saturated carbocycles. The summed E-state index contributed by atoms with van der Waals surface area (Å²) in [7, 11) is 3.53. The van der Waals surface area contributed by atoms with Gasteiger partial charge in [0, 0.05) is 54.3 Å². The van der Waals surface area contributed by atoms with Crippen LogP contribution in [0.15, 0.2) is 67.1 Å². The zero-order valence-corrected chi connectivity index (χ0v) is 21.9. The van der Waals surface area contributed by atoms with E-state index in [0.29, 0.717) is 28.2 Å². The largest absolute Gasteiger partial charge is 0.495 e. The second-order valence-corrected chi connectivity index (χ2v) is 9.97. The number of rotatable bonds is 7. The zero-order chi connectivity index (χ0) is 26.2. The van der Waals surface area contributed by atoms with Crippen LogP contribution in [0.1, 0.15) is 19.3 Å². The number of carbonyl (C=O) groups excluding carboxylic acids is 1. The molecule has 1 aliphatic rings. The number of nitrogens with one attached hydrogen (secondary N) is 1. The van der Waals surface area contributed by atoms with Gasteiger partial charge >= 0.3 is 0 Å². The molecule has 0 bridgehead atoms. The highest BCUT2D eigenvalue weighted by atomic mass is 35.5. The van der Waals surface area contributed by atoms with Gasteiger partial charge in [-0.1, -0.05) is 54.1 Å². The predicted octanol–water partition coefficient (Wildman–Crippen LogP) is 5.91. The van der Waals surface area contributed by atoms with Crippen molar-refractivity contribution >= 4 is 29.2 Å². The van der Waals surface area contributed by atoms with Crippen LogP contribution in [0.25, 0.3) is 39.4 Å². The quantitative estimate of drug-likeness (QED) is 0.265. The number of halogens is 1. The number of carbonyl (C=O) groups is 1. The van der Waals surface area contributed by atoms with Crippen molar-refractivity contribution in [3.8, 4) is 39.7 Å². The first-order valence-electron chi connectivity index (χ1n) is 12.6. The molecule has 2 atom stereocenters. The van der Waals surface area contributed by atoms with Gasteiger partial charge in [0.1, 0.15) is 17.6 Å². The van der Waals surface area contributed by atoms with Crippen molar-refractivity contribution in [2.45, 2.75) is 25.3 Å². The molecule has 1 aliphatic carbocycles. The summed E-state index contributed by atoms with van der Waals surface area (Å²) < 4.78 is 9.28.